The summed E-state index contributed by atoms with van der Waals surface area (Å²) in [6, 6.07) is -12.9. The van der Waals surface area contributed by atoms with Gasteiger partial charge in [0.2, 0.25) is 76.8 Å². The lowest BCUT2D eigenvalue weighted by Crippen LogP contribution is -2.62. The van der Waals surface area contributed by atoms with Gasteiger partial charge in [-0.05, 0) is 99.2 Å². The minimum Gasteiger partial charge on any atom is -0.481 e. The summed E-state index contributed by atoms with van der Waals surface area (Å²) in [6.07, 6.45) is -1.83. The lowest BCUT2D eigenvalue weighted by molar-refractivity contribution is -0.150. The number of aliphatic hydroxyl groups excluding tert-OH is 1. The van der Waals surface area contributed by atoms with Gasteiger partial charge in [-0.25, -0.2) is 9.36 Å². The molecule has 3 saturated heterocycles. The zero-order valence-corrected chi connectivity index (χ0v) is 58.4. The number of aliphatic hydroxyl groups is 1. The van der Waals surface area contributed by atoms with E-state index in [0.29, 0.717) is 25.7 Å². The third-order valence-electron chi connectivity index (χ3n) is 17.5. The fourth-order valence-corrected chi connectivity index (χ4v) is 12.3. The Hall–Kier alpha value is -8.86. The fourth-order valence-electron chi connectivity index (χ4n) is 11.9. The molecule has 0 radical (unpaired) electrons. The monoisotopic (exact) mass is 1430 g/mol. The predicted molar refractivity (Wildman–Crippen MR) is 353 cm³/mol. The normalized spacial score (nSPS) is 19.1. The summed E-state index contributed by atoms with van der Waals surface area (Å²) in [6.45, 7) is 12.6. The maximum absolute atomic E-state index is 14.8. The van der Waals surface area contributed by atoms with Crippen LogP contribution in [0.4, 0.5) is 0 Å². The number of phosphoric ester groups is 1. The molecule has 0 saturated carbocycles. The molecule has 558 valence electrons. The number of amides is 13. The number of carbonyl (C=O) groups is 15. The third-order valence-corrected chi connectivity index (χ3v) is 17.9. The molecule has 0 spiro atoms. The van der Waals surface area contributed by atoms with Crippen molar-refractivity contribution in [3.8, 4) is 5.75 Å². The molecule has 0 bridgehead atoms. The Balaban J connectivity index is 1.62. The number of nitrogens with two attached hydrogens (primary N) is 3. The molecule has 1 aromatic carbocycles. The van der Waals surface area contributed by atoms with Crippen molar-refractivity contribution in [1.29, 1.82) is 0 Å². The van der Waals surface area contributed by atoms with Gasteiger partial charge in [0.25, 0.3) is 0 Å². The van der Waals surface area contributed by atoms with Crippen molar-refractivity contribution < 1.29 is 106 Å². The SMILES string of the molecule is CC[C@H](C)[C@H](NC(=O)[C@H](Cc1ccc(OP(=O)(O)O)cc1)NC(=O)[C@H](CCC(=O)O)NC(=O)[C@@H]1CCCN1C(=O)[C@@H](NC(=O)[C@@H]1CCCN1C(=O)[C@@H](N)CC(C)C)C(C)C)C(=O)N[C@@H](CC(N)=O)C(=O)N[C@@H](CCC(N)=O)C(=O)N[C@@H](CO)C(=O)N[C@H](C(=O)N1CCC[C@H]1C(=O)O)C(C)C. The molecule has 0 aliphatic carbocycles. The Morgan fingerprint density at radius 2 is 0.970 bits per heavy atom. The molecule has 3 fully saturated rings. The number of primary amides is 2. The standard InChI is InChI=1S/C63H99N14O22P/c1-9-34(8)51(59(90)70-41(29-47(66)80)54(85)67-38(20-22-46(65)79)53(84)71-42(30-78)56(87)72-49(32(4)5)62(93)77-26-12-15-45(77)63(94)95)74-55(86)40(28-35-16-18-36(19-17-35)99-100(96,97)98)69-52(83)39(21-23-48(81)82)68-57(88)43-13-11-25-76(43)61(92)50(33(6)7)73-58(89)44-14-10-24-75(44)60(91)37(64)27-31(2)3/h16-19,31-34,37-45,49-51,78H,9-15,20-30,64H2,1-8H3,(H2,65,79)(H2,66,80)(H,67,85)(H,68,88)(H,69,83)(H,70,90)(H,71,84)(H,72,87)(H,73,89)(H,74,86)(H,81,82)(H,94,95)(H2,96,97,98)/t34-,37-,38-,39-,40-,41-,42-,43-,44-,45-,49-,50-,51-/m0/s1. The highest BCUT2D eigenvalue weighted by Gasteiger charge is 2.45. The van der Waals surface area contributed by atoms with Crippen molar-refractivity contribution in [3.05, 3.63) is 29.8 Å². The number of carboxylic acid groups (broad SMARTS) is 2. The van der Waals surface area contributed by atoms with Crippen LogP contribution in [0.3, 0.4) is 0 Å². The first-order chi connectivity index (χ1) is 46.8. The van der Waals surface area contributed by atoms with Crippen molar-refractivity contribution in [2.75, 3.05) is 26.2 Å². The summed E-state index contributed by atoms with van der Waals surface area (Å²) in [7, 11) is -5.07. The number of carboxylic acids is 2. The summed E-state index contributed by atoms with van der Waals surface area (Å²) in [5.74, 6) is -17.6. The van der Waals surface area contributed by atoms with E-state index in [9.17, 15) is 102 Å². The number of aliphatic carboxylic acids is 2. The van der Waals surface area contributed by atoms with E-state index in [1.54, 1.807) is 34.6 Å². The van der Waals surface area contributed by atoms with Crippen LogP contribution in [0, 0.1) is 23.7 Å². The van der Waals surface area contributed by atoms with Gasteiger partial charge in [0.15, 0.2) is 0 Å². The van der Waals surface area contributed by atoms with E-state index in [4.69, 9.17) is 17.2 Å². The molecule has 19 N–H and O–H groups in total. The Morgan fingerprint density at radius 1 is 0.540 bits per heavy atom. The van der Waals surface area contributed by atoms with Crippen LogP contribution in [0.5, 0.6) is 5.75 Å². The highest BCUT2D eigenvalue weighted by atomic mass is 31.2. The number of hydrogen-bond donors (Lipinski definition) is 16. The molecule has 13 amide bonds. The van der Waals surface area contributed by atoms with Crippen LogP contribution >= 0.6 is 7.82 Å². The van der Waals surface area contributed by atoms with Crippen molar-refractivity contribution in [2.24, 2.45) is 40.9 Å². The van der Waals surface area contributed by atoms with Crippen molar-refractivity contribution in [3.63, 3.8) is 0 Å². The fraction of sp³-hybridized carbons (Fsp3) is 0.667. The largest absolute Gasteiger partial charge is 0.524 e. The summed E-state index contributed by atoms with van der Waals surface area (Å²) >= 11 is 0. The van der Waals surface area contributed by atoms with Crippen molar-refractivity contribution >= 4 is 96.6 Å². The molecule has 13 atom stereocenters. The van der Waals surface area contributed by atoms with E-state index in [-0.39, 0.29) is 62.5 Å². The minimum atomic E-state index is -5.07. The molecule has 100 heavy (non-hydrogen) atoms. The number of nitrogens with one attached hydrogen (secondary N) is 8. The molecule has 3 aliphatic rings. The van der Waals surface area contributed by atoms with Crippen LogP contribution < -0.4 is 64.3 Å². The van der Waals surface area contributed by atoms with Gasteiger partial charge in [0.05, 0.1) is 19.1 Å². The molecule has 1 aromatic rings. The second kappa shape index (κ2) is 38.6. The number of hydrogen-bond acceptors (Lipinski definition) is 19. The van der Waals surface area contributed by atoms with E-state index in [0.717, 1.165) is 17.0 Å². The number of phosphoric acid groups is 1. The van der Waals surface area contributed by atoms with Gasteiger partial charge in [-0.2, -0.15) is 0 Å². The highest BCUT2D eigenvalue weighted by molar-refractivity contribution is 7.46. The molecule has 37 heteroatoms. The summed E-state index contributed by atoms with van der Waals surface area (Å²) in [5, 5.41) is 49.4. The second-order valence-electron chi connectivity index (χ2n) is 26.5. The Morgan fingerprint density at radius 3 is 1.45 bits per heavy atom. The van der Waals surface area contributed by atoms with E-state index in [2.05, 4.69) is 47.1 Å². The number of rotatable bonds is 39. The van der Waals surface area contributed by atoms with Gasteiger partial charge >= 0.3 is 19.8 Å². The van der Waals surface area contributed by atoms with Gasteiger partial charge in [-0.1, -0.05) is 73.9 Å². The maximum atomic E-state index is 14.8. The first-order valence-corrected chi connectivity index (χ1v) is 34.9. The molecule has 0 unspecified atom stereocenters. The Kier molecular flexibility index (Phi) is 32.3. The maximum Gasteiger partial charge on any atom is 0.524 e. The highest BCUT2D eigenvalue weighted by Crippen LogP contribution is 2.37. The molecule has 4 rings (SSSR count). The summed E-state index contributed by atoms with van der Waals surface area (Å²) in [5.41, 5.74) is 17.3. The summed E-state index contributed by atoms with van der Waals surface area (Å²) < 4.78 is 16.3. The number of carbonyl (C=O) groups excluding carboxylic acids is 13. The lowest BCUT2D eigenvalue weighted by Gasteiger charge is -2.33. The predicted octanol–water partition coefficient (Wildman–Crippen LogP) is -3.63. The van der Waals surface area contributed by atoms with Gasteiger partial charge in [-0.3, -0.25) is 76.9 Å². The van der Waals surface area contributed by atoms with Crippen molar-refractivity contribution in [2.45, 2.75) is 218 Å². The van der Waals surface area contributed by atoms with Gasteiger partial charge in [0.1, 0.15) is 72.2 Å². The van der Waals surface area contributed by atoms with E-state index >= 15 is 0 Å². The Bertz CT molecular complexity index is 3190. The lowest BCUT2D eigenvalue weighted by atomic mass is 9.96. The molecule has 0 aromatic heterocycles. The quantitative estimate of drug-likeness (QED) is 0.0283. The van der Waals surface area contributed by atoms with Crippen molar-refractivity contribution in [1.82, 2.24) is 57.2 Å². The first-order valence-electron chi connectivity index (χ1n) is 33.3. The molecule has 36 nitrogen and oxygen atoms in total. The molecular formula is C63H99N14O22P. The number of benzene rings is 1. The average molecular weight is 1440 g/mol. The Labute approximate surface area is 578 Å². The van der Waals surface area contributed by atoms with E-state index in [1.165, 1.54) is 28.9 Å². The van der Waals surface area contributed by atoms with Gasteiger partial charge in [0, 0.05) is 38.9 Å². The van der Waals surface area contributed by atoms with Crippen LogP contribution in [-0.2, 0) is 82.9 Å². The smallest absolute Gasteiger partial charge is 0.481 e. The van der Waals surface area contributed by atoms with E-state index < -0.39 is 232 Å². The van der Waals surface area contributed by atoms with Crippen LogP contribution in [0.2, 0.25) is 0 Å². The topological polar surface area (TPSA) is 568 Å². The second-order valence-corrected chi connectivity index (χ2v) is 27.7. The van der Waals surface area contributed by atoms with Crippen LogP contribution in [0.1, 0.15) is 144 Å². The van der Waals surface area contributed by atoms with Gasteiger partial charge in [-0.15, -0.1) is 0 Å². The minimum absolute atomic E-state index is 0.0206. The van der Waals surface area contributed by atoms with Crippen LogP contribution in [-0.4, -0.2) is 227 Å². The summed E-state index contributed by atoms with van der Waals surface area (Å²) in [4.78, 5) is 227. The first kappa shape index (κ1) is 83.6. The zero-order chi connectivity index (χ0) is 75.2. The zero-order valence-electron chi connectivity index (χ0n) is 57.5. The van der Waals surface area contributed by atoms with Gasteiger partial charge < -0.3 is 94.3 Å². The molecule has 3 aliphatic heterocycles. The molecule has 3 heterocycles. The number of likely N-dealkylation sites (tertiary alicyclic amines) is 3. The van der Waals surface area contributed by atoms with E-state index in [1.807, 2.05) is 13.8 Å². The van der Waals surface area contributed by atoms with Crippen LogP contribution in [0.25, 0.3) is 0 Å². The number of nitrogens with zero attached hydrogens (tertiary/aromatic N) is 3. The average Bonchev–Trinajstić information content (AvgIpc) is 1.62. The third kappa shape index (κ3) is 25.1. The molecular weight excluding hydrogens is 1340 g/mol. The van der Waals surface area contributed by atoms with Crippen LogP contribution in [0.15, 0.2) is 24.3 Å².